The molecule has 2 aliphatic rings. The lowest BCUT2D eigenvalue weighted by Crippen LogP contribution is -2.60. The summed E-state index contributed by atoms with van der Waals surface area (Å²) in [6.45, 7) is 4.13. The Labute approximate surface area is 231 Å². The number of benzene rings is 1. The number of likely N-dealkylation sites (tertiary alicyclic amines) is 1. The normalized spacial score (nSPS) is 19.6. The average Bonchev–Trinajstić information content (AvgIpc) is 3.16. The standard InChI is InChI=1S/C28H33F2N5O5/c1-27(2,3)40-26(38)32-21(17-39-20-10-5-4-6-11-20)24(36)34-14-12-22-28(18-34,15-19-9-7-8-13-31-19)25(37)35(33-22)16-23(29)30/h4-11,13,21,23H,12,14-18H2,1-3H3,(H,32,38)/t21-,28-/m1/s1. The number of nitrogens with one attached hydrogen (secondary N) is 1. The molecule has 1 saturated heterocycles. The smallest absolute Gasteiger partial charge is 0.408 e. The van der Waals surface area contributed by atoms with E-state index in [1.165, 1.54) is 4.90 Å². The minimum Gasteiger partial charge on any atom is -0.491 e. The number of rotatable bonds is 9. The maximum atomic E-state index is 13.8. The Morgan fingerprint density at radius 1 is 1.12 bits per heavy atom. The van der Waals surface area contributed by atoms with Crippen molar-refractivity contribution in [2.24, 2.45) is 10.5 Å². The van der Waals surface area contributed by atoms with Gasteiger partial charge >= 0.3 is 6.09 Å². The third-order valence-electron chi connectivity index (χ3n) is 6.50. The molecule has 0 bridgehead atoms. The van der Waals surface area contributed by atoms with Crippen LogP contribution in [0.1, 0.15) is 32.9 Å². The Morgan fingerprint density at radius 3 is 2.50 bits per heavy atom. The van der Waals surface area contributed by atoms with Gasteiger partial charge in [0.2, 0.25) is 5.91 Å². The molecule has 0 unspecified atom stereocenters. The monoisotopic (exact) mass is 557 g/mol. The van der Waals surface area contributed by atoms with Crippen LogP contribution in [-0.2, 0) is 20.7 Å². The van der Waals surface area contributed by atoms with Crippen LogP contribution in [0.15, 0.2) is 59.8 Å². The number of carbonyl (C=O) groups is 3. The zero-order valence-electron chi connectivity index (χ0n) is 22.7. The van der Waals surface area contributed by atoms with Crippen molar-refractivity contribution in [2.45, 2.75) is 51.7 Å². The Hall–Kier alpha value is -4.09. The first-order valence-electron chi connectivity index (χ1n) is 13.0. The molecular formula is C28H33F2N5O5. The minimum absolute atomic E-state index is 0.0830. The van der Waals surface area contributed by atoms with Gasteiger partial charge in [0.1, 0.15) is 36.0 Å². The maximum Gasteiger partial charge on any atom is 0.408 e. The second-order valence-electron chi connectivity index (χ2n) is 10.7. The largest absolute Gasteiger partial charge is 0.491 e. The average molecular weight is 558 g/mol. The molecule has 0 radical (unpaired) electrons. The summed E-state index contributed by atoms with van der Waals surface area (Å²) in [6, 6.07) is 12.9. The molecule has 1 fully saturated rings. The van der Waals surface area contributed by atoms with Gasteiger partial charge in [-0.2, -0.15) is 5.10 Å². The lowest BCUT2D eigenvalue weighted by atomic mass is 9.74. The molecule has 214 valence electrons. The molecule has 0 aliphatic carbocycles. The second-order valence-corrected chi connectivity index (χ2v) is 10.7. The highest BCUT2D eigenvalue weighted by atomic mass is 19.3. The molecular weight excluding hydrogens is 524 g/mol. The van der Waals surface area contributed by atoms with Crippen LogP contribution in [-0.4, -0.2) is 82.8 Å². The number of ether oxygens (including phenoxy) is 2. The van der Waals surface area contributed by atoms with E-state index >= 15 is 0 Å². The molecule has 0 saturated carbocycles. The third kappa shape index (κ3) is 6.91. The van der Waals surface area contributed by atoms with Crippen LogP contribution in [0, 0.1) is 5.41 Å². The van der Waals surface area contributed by atoms with E-state index in [1.807, 2.05) is 6.07 Å². The van der Waals surface area contributed by atoms with E-state index in [2.05, 4.69) is 15.4 Å². The van der Waals surface area contributed by atoms with Crippen molar-refractivity contribution in [1.29, 1.82) is 0 Å². The SMILES string of the molecule is CC(C)(C)OC(=O)N[C@H](COc1ccccc1)C(=O)N1CCC2=NN(CC(F)F)C(=O)[C@]2(Cc2ccccn2)C1. The molecule has 0 spiro atoms. The van der Waals surface area contributed by atoms with Gasteiger partial charge in [0.15, 0.2) is 0 Å². The molecule has 1 aromatic carbocycles. The van der Waals surface area contributed by atoms with Crippen molar-refractivity contribution in [3.63, 3.8) is 0 Å². The number of alkyl halides is 2. The van der Waals surface area contributed by atoms with Gasteiger partial charge in [0.25, 0.3) is 12.3 Å². The van der Waals surface area contributed by atoms with Crippen LogP contribution in [0.3, 0.4) is 0 Å². The highest BCUT2D eigenvalue weighted by molar-refractivity contribution is 6.13. The van der Waals surface area contributed by atoms with Gasteiger partial charge in [0.05, 0.1) is 5.71 Å². The lowest BCUT2D eigenvalue weighted by Gasteiger charge is -2.40. The van der Waals surface area contributed by atoms with Gasteiger partial charge in [-0.15, -0.1) is 0 Å². The first kappa shape index (κ1) is 28.9. The van der Waals surface area contributed by atoms with E-state index in [4.69, 9.17) is 9.47 Å². The summed E-state index contributed by atoms with van der Waals surface area (Å²) in [5.41, 5.74) is -1.16. The van der Waals surface area contributed by atoms with Crippen molar-refractivity contribution < 1.29 is 32.6 Å². The number of carbonyl (C=O) groups excluding carboxylic acids is 3. The first-order valence-corrected chi connectivity index (χ1v) is 13.0. The number of pyridine rings is 1. The number of nitrogens with zero attached hydrogens (tertiary/aromatic N) is 4. The number of halogens is 2. The quantitative estimate of drug-likeness (QED) is 0.506. The molecule has 2 aliphatic heterocycles. The van der Waals surface area contributed by atoms with Crippen molar-refractivity contribution in [3.05, 3.63) is 60.4 Å². The van der Waals surface area contributed by atoms with E-state index in [0.717, 1.165) is 5.01 Å². The Morgan fingerprint density at radius 2 is 1.85 bits per heavy atom. The van der Waals surface area contributed by atoms with Crippen LogP contribution in [0.2, 0.25) is 0 Å². The zero-order chi connectivity index (χ0) is 28.9. The first-order chi connectivity index (χ1) is 19.0. The van der Waals surface area contributed by atoms with E-state index in [0.29, 0.717) is 17.2 Å². The van der Waals surface area contributed by atoms with Gasteiger partial charge in [-0.1, -0.05) is 24.3 Å². The number of amides is 3. The number of hydrogen-bond donors (Lipinski definition) is 1. The number of hydrazone groups is 1. The summed E-state index contributed by atoms with van der Waals surface area (Å²) < 4.78 is 37.7. The van der Waals surface area contributed by atoms with Crippen LogP contribution < -0.4 is 10.1 Å². The predicted octanol–water partition coefficient (Wildman–Crippen LogP) is 3.28. The topological polar surface area (TPSA) is 113 Å². The van der Waals surface area contributed by atoms with Crippen LogP contribution in [0.25, 0.3) is 0 Å². The molecule has 10 nitrogen and oxygen atoms in total. The van der Waals surface area contributed by atoms with Crippen molar-refractivity contribution >= 4 is 23.6 Å². The summed E-state index contributed by atoms with van der Waals surface area (Å²) >= 11 is 0. The molecule has 1 aromatic heterocycles. The predicted molar refractivity (Wildman–Crippen MR) is 142 cm³/mol. The lowest BCUT2D eigenvalue weighted by molar-refractivity contribution is -0.143. The van der Waals surface area contributed by atoms with Crippen LogP contribution >= 0.6 is 0 Å². The molecule has 40 heavy (non-hydrogen) atoms. The van der Waals surface area contributed by atoms with Gasteiger partial charge in [-0.3, -0.25) is 14.6 Å². The highest BCUT2D eigenvalue weighted by Gasteiger charge is 2.55. The van der Waals surface area contributed by atoms with E-state index in [9.17, 15) is 23.2 Å². The molecule has 3 amide bonds. The number of alkyl carbamates (subject to hydrolysis) is 1. The molecule has 12 heteroatoms. The Bertz CT molecular complexity index is 1240. The summed E-state index contributed by atoms with van der Waals surface area (Å²) in [7, 11) is 0. The molecule has 2 aromatic rings. The van der Waals surface area contributed by atoms with E-state index < -0.39 is 47.9 Å². The number of aromatic nitrogens is 1. The summed E-state index contributed by atoms with van der Waals surface area (Å²) in [5.74, 6) is -0.607. The molecule has 3 heterocycles. The fraction of sp³-hybridized carbons (Fsp3) is 0.464. The van der Waals surface area contributed by atoms with Crippen molar-refractivity contribution in [3.8, 4) is 5.75 Å². The number of para-hydroxylation sites is 1. The van der Waals surface area contributed by atoms with Gasteiger partial charge in [-0.05, 0) is 45.0 Å². The molecule has 4 rings (SSSR count). The van der Waals surface area contributed by atoms with Crippen molar-refractivity contribution in [1.82, 2.24) is 20.2 Å². The maximum absolute atomic E-state index is 13.8. The third-order valence-corrected chi connectivity index (χ3v) is 6.50. The number of piperidine rings is 1. The minimum atomic E-state index is -2.77. The zero-order valence-corrected chi connectivity index (χ0v) is 22.7. The highest BCUT2D eigenvalue weighted by Crippen LogP contribution is 2.38. The summed E-state index contributed by atoms with van der Waals surface area (Å²) in [4.78, 5) is 45.8. The fourth-order valence-corrected chi connectivity index (χ4v) is 4.78. The number of hydrogen-bond acceptors (Lipinski definition) is 7. The van der Waals surface area contributed by atoms with E-state index in [-0.39, 0.29) is 32.5 Å². The van der Waals surface area contributed by atoms with Crippen molar-refractivity contribution in [2.75, 3.05) is 26.2 Å². The van der Waals surface area contributed by atoms with Crippen LogP contribution in [0.5, 0.6) is 5.75 Å². The second kappa shape index (κ2) is 12.0. The van der Waals surface area contributed by atoms with Gasteiger partial charge in [0, 0.05) is 37.8 Å². The van der Waals surface area contributed by atoms with Crippen LogP contribution in [0.4, 0.5) is 13.6 Å². The summed E-state index contributed by atoms with van der Waals surface area (Å²) in [5, 5.41) is 7.64. The Balaban J connectivity index is 1.59. The summed E-state index contributed by atoms with van der Waals surface area (Å²) in [6.07, 6.45) is -1.71. The molecule has 2 atom stereocenters. The van der Waals surface area contributed by atoms with Gasteiger partial charge in [-0.25, -0.2) is 18.6 Å². The Kier molecular flexibility index (Phi) is 8.65. The fourth-order valence-electron chi connectivity index (χ4n) is 4.78. The van der Waals surface area contributed by atoms with Gasteiger partial charge < -0.3 is 19.7 Å². The molecule has 1 N–H and O–H groups in total. The van der Waals surface area contributed by atoms with E-state index in [1.54, 1.807) is 69.4 Å². The number of fused-ring (bicyclic) bond motifs is 1.